The van der Waals surface area contributed by atoms with Gasteiger partial charge in [-0.05, 0) is 19.1 Å². The summed E-state index contributed by atoms with van der Waals surface area (Å²) < 4.78 is 9.83. The highest BCUT2D eigenvalue weighted by Crippen LogP contribution is 2.02. The smallest absolute Gasteiger partial charge is 0.358 e. The molecule has 1 N–H and O–H groups in total. The molecule has 0 aliphatic carbocycles. The van der Waals surface area contributed by atoms with Gasteiger partial charge in [0.05, 0.1) is 20.3 Å². The van der Waals surface area contributed by atoms with Gasteiger partial charge in [0.25, 0.3) is 0 Å². The van der Waals surface area contributed by atoms with E-state index in [0.717, 1.165) is 5.57 Å². The second kappa shape index (κ2) is 7.39. The highest BCUT2D eigenvalue weighted by molar-refractivity contribution is 5.86. The molecule has 18 heavy (non-hydrogen) atoms. The van der Waals surface area contributed by atoms with Crippen LogP contribution >= 0.6 is 0 Å². The maximum atomic E-state index is 11.1. The van der Waals surface area contributed by atoms with Gasteiger partial charge in [0.15, 0.2) is 5.69 Å². The van der Waals surface area contributed by atoms with Crippen LogP contribution in [0.15, 0.2) is 24.3 Å². The molecule has 0 saturated carbocycles. The second-order valence-corrected chi connectivity index (χ2v) is 3.73. The Hall–Kier alpha value is -1.95. The van der Waals surface area contributed by atoms with Gasteiger partial charge >= 0.3 is 5.97 Å². The molecule has 98 valence electrons. The predicted octanol–water partition coefficient (Wildman–Crippen LogP) is 1.27. The zero-order chi connectivity index (χ0) is 13.4. The fraction of sp³-hybridized carbons (Fsp3) is 0.417. The maximum Gasteiger partial charge on any atom is 0.358 e. The number of carbonyl (C=O) groups is 1. The average molecular weight is 251 g/mol. The van der Waals surface area contributed by atoms with Crippen LogP contribution in [0.5, 0.6) is 0 Å². The van der Waals surface area contributed by atoms with E-state index in [1.807, 2.05) is 6.92 Å². The van der Waals surface area contributed by atoms with E-state index in [2.05, 4.69) is 26.8 Å². The topological polar surface area (TPSA) is 73.3 Å². The zero-order valence-corrected chi connectivity index (χ0v) is 10.6. The highest BCUT2D eigenvalue weighted by Gasteiger charge is 2.06. The molecule has 0 aliphatic heterocycles. The van der Waals surface area contributed by atoms with Crippen LogP contribution in [-0.4, -0.2) is 43.0 Å². The van der Waals surface area contributed by atoms with E-state index in [1.165, 1.54) is 7.11 Å². The van der Waals surface area contributed by atoms with E-state index in [-0.39, 0.29) is 5.69 Å². The third kappa shape index (κ3) is 4.92. The van der Waals surface area contributed by atoms with Gasteiger partial charge in [-0.1, -0.05) is 12.2 Å². The molecule has 6 nitrogen and oxygen atoms in total. The Labute approximate surface area is 106 Å². The van der Waals surface area contributed by atoms with Gasteiger partial charge in [-0.25, -0.2) is 4.79 Å². The molecular weight excluding hydrogens is 234 g/mol. The van der Waals surface area contributed by atoms with Gasteiger partial charge in [-0.3, -0.25) is 0 Å². The quantitative estimate of drug-likeness (QED) is 0.447. The number of aromatic nitrogens is 2. The average Bonchev–Trinajstić information content (AvgIpc) is 2.38. The number of nitrogens with zero attached hydrogens (tertiary/aromatic N) is 2. The lowest BCUT2D eigenvalue weighted by Crippen LogP contribution is -2.12. The summed E-state index contributed by atoms with van der Waals surface area (Å²) in [6, 6.07) is 3.22. The molecule has 0 aliphatic rings. The fourth-order valence-corrected chi connectivity index (χ4v) is 1.14. The lowest BCUT2D eigenvalue weighted by atomic mass is 10.4. The molecule has 0 fully saturated rings. The molecule has 0 saturated heterocycles. The van der Waals surface area contributed by atoms with Crippen LogP contribution in [0.1, 0.15) is 17.4 Å². The second-order valence-electron chi connectivity index (χ2n) is 3.73. The number of ether oxygens (including phenoxy) is 2. The van der Waals surface area contributed by atoms with E-state index in [9.17, 15) is 4.79 Å². The minimum atomic E-state index is -0.501. The number of rotatable bonds is 7. The summed E-state index contributed by atoms with van der Waals surface area (Å²) in [5, 5.41) is 10.6. The maximum absolute atomic E-state index is 11.1. The number of hydrogen-bond acceptors (Lipinski definition) is 6. The van der Waals surface area contributed by atoms with Crippen molar-refractivity contribution in [3.63, 3.8) is 0 Å². The molecule has 1 aromatic rings. The monoisotopic (exact) mass is 251 g/mol. The first-order chi connectivity index (χ1) is 8.63. The van der Waals surface area contributed by atoms with Crippen LogP contribution in [-0.2, 0) is 9.47 Å². The molecule has 1 heterocycles. The Morgan fingerprint density at radius 1 is 1.44 bits per heavy atom. The number of esters is 1. The van der Waals surface area contributed by atoms with Gasteiger partial charge in [0.1, 0.15) is 5.82 Å². The summed E-state index contributed by atoms with van der Waals surface area (Å²) in [4.78, 5) is 11.1. The molecule has 0 atom stereocenters. The molecule has 1 aromatic heterocycles. The van der Waals surface area contributed by atoms with Gasteiger partial charge < -0.3 is 14.8 Å². The summed E-state index contributed by atoms with van der Waals surface area (Å²) in [5.74, 6) is 0.0837. The van der Waals surface area contributed by atoms with Crippen molar-refractivity contribution in [3.05, 3.63) is 30.0 Å². The van der Waals surface area contributed by atoms with Gasteiger partial charge in [0.2, 0.25) is 0 Å². The van der Waals surface area contributed by atoms with Crippen LogP contribution in [0.25, 0.3) is 0 Å². The summed E-state index contributed by atoms with van der Waals surface area (Å²) in [6.45, 7) is 7.35. The largest absolute Gasteiger partial charge is 0.464 e. The molecule has 0 bridgehead atoms. The van der Waals surface area contributed by atoms with Gasteiger partial charge in [-0.15, -0.1) is 10.2 Å². The molecule has 0 radical (unpaired) electrons. The summed E-state index contributed by atoms with van der Waals surface area (Å²) in [6.07, 6.45) is 0. The first-order valence-electron chi connectivity index (χ1n) is 5.51. The number of nitrogens with one attached hydrogen (secondary N) is 1. The third-order valence-corrected chi connectivity index (χ3v) is 1.96. The molecule has 0 amide bonds. The molecule has 0 spiro atoms. The summed E-state index contributed by atoms with van der Waals surface area (Å²) >= 11 is 0. The number of hydrogen-bond donors (Lipinski definition) is 1. The Bertz CT molecular complexity index is 404. The van der Waals surface area contributed by atoms with Crippen molar-refractivity contribution >= 4 is 11.8 Å². The van der Waals surface area contributed by atoms with E-state index >= 15 is 0 Å². The van der Waals surface area contributed by atoms with Crippen molar-refractivity contribution in [2.24, 2.45) is 0 Å². The van der Waals surface area contributed by atoms with Gasteiger partial charge in [-0.2, -0.15) is 0 Å². The van der Waals surface area contributed by atoms with Crippen molar-refractivity contribution in [2.45, 2.75) is 6.92 Å². The first kappa shape index (κ1) is 14.1. The molecule has 0 unspecified atom stereocenters. The van der Waals surface area contributed by atoms with Crippen molar-refractivity contribution in [1.29, 1.82) is 0 Å². The van der Waals surface area contributed by atoms with Crippen LogP contribution in [0.2, 0.25) is 0 Å². The predicted molar refractivity (Wildman–Crippen MR) is 67.5 cm³/mol. The minimum absolute atomic E-state index is 0.182. The number of methoxy groups -OCH3 is 1. The van der Waals surface area contributed by atoms with Crippen LogP contribution in [0.3, 0.4) is 0 Å². The van der Waals surface area contributed by atoms with Crippen molar-refractivity contribution in [1.82, 2.24) is 10.2 Å². The van der Waals surface area contributed by atoms with Crippen molar-refractivity contribution < 1.29 is 14.3 Å². The normalized spacial score (nSPS) is 9.89. The molecular formula is C12H17N3O3. The Balaban J connectivity index is 2.31. The lowest BCUT2D eigenvalue weighted by Gasteiger charge is -2.06. The Morgan fingerprint density at radius 3 is 2.78 bits per heavy atom. The number of anilines is 1. The van der Waals surface area contributed by atoms with Crippen LogP contribution < -0.4 is 5.32 Å². The standard InChI is InChI=1S/C12H17N3O3/c1-9(2)8-18-7-6-13-11-5-4-10(14-15-11)12(16)17-3/h4-5H,1,6-8H2,2-3H3,(H,13,15). The Kier molecular flexibility index (Phi) is 5.79. The molecule has 6 heteroatoms. The van der Waals surface area contributed by atoms with Crippen LogP contribution in [0.4, 0.5) is 5.82 Å². The molecule has 1 rings (SSSR count). The van der Waals surface area contributed by atoms with Gasteiger partial charge in [0, 0.05) is 6.54 Å². The first-order valence-corrected chi connectivity index (χ1v) is 5.51. The summed E-state index contributed by atoms with van der Waals surface area (Å²) in [5.41, 5.74) is 1.17. The van der Waals surface area contributed by atoms with E-state index in [4.69, 9.17) is 4.74 Å². The van der Waals surface area contributed by atoms with E-state index in [0.29, 0.717) is 25.6 Å². The van der Waals surface area contributed by atoms with Crippen molar-refractivity contribution in [3.8, 4) is 0 Å². The number of carbonyl (C=O) groups excluding carboxylic acids is 1. The van der Waals surface area contributed by atoms with Crippen LogP contribution in [0, 0.1) is 0 Å². The fourth-order valence-electron chi connectivity index (χ4n) is 1.14. The Morgan fingerprint density at radius 2 is 2.22 bits per heavy atom. The molecule has 0 aromatic carbocycles. The highest BCUT2D eigenvalue weighted by atomic mass is 16.5. The SMILES string of the molecule is C=C(C)COCCNc1ccc(C(=O)OC)nn1. The van der Waals surface area contributed by atoms with E-state index in [1.54, 1.807) is 12.1 Å². The summed E-state index contributed by atoms with van der Waals surface area (Å²) in [7, 11) is 1.30. The zero-order valence-electron chi connectivity index (χ0n) is 10.6. The lowest BCUT2D eigenvalue weighted by molar-refractivity contribution is 0.0593. The minimum Gasteiger partial charge on any atom is -0.464 e. The van der Waals surface area contributed by atoms with Crippen molar-refractivity contribution in [2.75, 3.05) is 32.2 Å². The third-order valence-electron chi connectivity index (χ3n) is 1.96. The van der Waals surface area contributed by atoms with E-state index < -0.39 is 5.97 Å².